The molecule has 0 saturated heterocycles. The maximum Gasteiger partial charge on any atom is 0.417 e. The summed E-state index contributed by atoms with van der Waals surface area (Å²) in [6.45, 7) is 0. The minimum atomic E-state index is -4.80. The molecule has 2 aromatic carbocycles. The third kappa shape index (κ3) is 7.74. The number of fused-ring (bicyclic) bond motifs is 1. The van der Waals surface area contributed by atoms with E-state index in [2.05, 4.69) is 29.7 Å². The van der Waals surface area contributed by atoms with Gasteiger partial charge in [0.25, 0.3) is 5.56 Å². The Kier molecular flexibility index (Phi) is 9.55. The number of hydrogen-bond acceptors (Lipinski definition) is 11. The number of H-pyrrole nitrogens is 1. The Hall–Kier alpha value is -5.86. The molecule has 0 bridgehead atoms. The minimum Gasteiger partial charge on any atom is -0.465 e. The Morgan fingerprint density at radius 3 is 1.79 bits per heavy atom. The highest BCUT2D eigenvalue weighted by Crippen LogP contribution is 2.40. The molecule has 21 heteroatoms. The molecule has 0 spiro atoms. The van der Waals surface area contributed by atoms with Crippen LogP contribution in [0.5, 0.6) is 0 Å². The number of esters is 1. The van der Waals surface area contributed by atoms with E-state index in [1.54, 1.807) is 4.83 Å². The van der Waals surface area contributed by atoms with Gasteiger partial charge in [-0.25, -0.2) is 42.8 Å². The van der Waals surface area contributed by atoms with Crippen molar-refractivity contribution in [3.8, 4) is 22.3 Å². The van der Waals surface area contributed by atoms with Crippen molar-refractivity contribution in [3.63, 3.8) is 0 Å². The van der Waals surface area contributed by atoms with Gasteiger partial charge in [0, 0.05) is 41.6 Å². The van der Waals surface area contributed by atoms with E-state index in [1.807, 2.05) is 0 Å². The Labute approximate surface area is 264 Å². The van der Waals surface area contributed by atoms with Crippen molar-refractivity contribution in [2.75, 3.05) is 23.9 Å². The predicted molar refractivity (Wildman–Crippen MR) is 157 cm³/mol. The summed E-state index contributed by atoms with van der Waals surface area (Å²) in [4.78, 5) is 54.4. The second-order valence-electron chi connectivity index (χ2n) is 9.60. The summed E-state index contributed by atoms with van der Waals surface area (Å²) in [5.74, 6) is -0.820. The molecular formula is C27H20F6N8O6S. The van der Waals surface area contributed by atoms with Crippen LogP contribution >= 0.6 is 0 Å². The van der Waals surface area contributed by atoms with E-state index in [0.29, 0.717) is 18.4 Å². The van der Waals surface area contributed by atoms with E-state index in [1.165, 1.54) is 18.7 Å². The van der Waals surface area contributed by atoms with E-state index >= 15 is 0 Å². The second kappa shape index (κ2) is 13.1. The Morgan fingerprint density at radius 1 is 0.854 bits per heavy atom. The van der Waals surface area contributed by atoms with Crippen LogP contribution in [0.1, 0.15) is 21.5 Å². The van der Waals surface area contributed by atoms with Gasteiger partial charge >= 0.3 is 24.0 Å². The molecule has 0 atom stereocenters. The van der Waals surface area contributed by atoms with Gasteiger partial charge in [-0.3, -0.25) is 4.79 Å². The molecule has 0 aliphatic rings. The fraction of sp³-hybridized carbons (Fsp3) is 0.148. The molecule has 0 unspecified atom stereocenters. The number of halogens is 6. The first kappa shape index (κ1) is 35.0. The number of hydrogen-bond donors (Lipinski definition) is 3. The van der Waals surface area contributed by atoms with Gasteiger partial charge in [-0.2, -0.15) is 31.0 Å². The standard InChI is InChI=1S/C14H10F3N5O4S.C13H10F3N3O2/c1-27(25,26)21-22-12(23)9-2-8(7-4-18-6-19-5-7)10(14(15,16)17)3-11(9)20-13(22)24;1-21-12(20)9-2-8(7-4-18-6-19-5-7)10(3-11(9)17)13(14,15)16/h2-6,21H,1H3,(H,20,24);2-6H,17H2,1H3. The fourth-order valence-corrected chi connectivity index (χ4v) is 4.74. The van der Waals surface area contributed by atoms with Crippen LogP contribution in [0.3, 0.4) is 0 Å². The number of sulfonamides is 1. The van der Waals surface area contributed by atoms with Crippen molar-refractivity contribution in [2.24, 2.45) is 0 Å². The topological polar surface area (TPSA) is 205 Å². The van der Waals surface area contributed by atoms with Crippen molar-refractivity contribution in [1.82, 2.24) is 29.6 Å². The van der Waals surface area contributed by atoms with Gasteiger partial charge in [0.15, 0.2) is 0 Å². The molecule has 0 amide bonds. The molecule has 4 N–H and O–H groups in total. The number of aromatic amines is 1. The Balaban J connectivity index is 0.000000224. The second-order valence-corrected chi connectivity index (χ2v) is 11.3. The number of methoxy groups -OCH3 is 1. The average molecular weight is 699 g/mol. The van der Waals surface area contributed by atoms with Crippen LogP contribution in [-0.2, 0) is 27.1 Å². The van der Waals surface area contributed by atoms with Crippen LogP contribution in [0, 0.1) is 0 Å². The summed E-state index contributed by atoms with van der Waals surface area (Å²) in [7, 11) is -2.88. The molecular weight excluding hydrogens is 678 g/mol. The molecule has 3 heterocycles. The normalized spacial score (nSPS) is 11.8. The van der Waals surface area contributed by atoms with Crippen LogP contribution in [0.4, 0.5) is 32.0 Å². The lowest BCUT2D eigenvalue weighted by Gasteiger charge is -2.15. The molecule has 14 nitrogen and oxygen atoms in total. The van der Waals surface area contributed by atoms with Gasteiger partial charge in [0.2, 0.25) is 10.0 Å². The number of carbonyl (C=O) groups excluding carboxylic acids is 1. The summed E-state index contributed by atoms with van der Waals surface area (Å²) in [5.41, 5.74) is -0.332. The first-order chi connectivity index (χ1) is 22.3. The van der Waals surface area contributed by atoms with E-state index < -0.39 is 61.8 Å². The number of nitrogen functional groups attached to an aromatic ring is 1. The van der Waals surface area contributed by atoms with Gasteiger partial charge in [-0.15, -0.1) is 0 Å². The molecule has 0 radical (unpaired) electrons. The lowest BCUT2D eigenvalue weighted by atomic mass is 9.97. The zero-order valence-corrected chi connectivity index (χ0v) is 25.0. The van der Waals surface area contributed by atoms with Crippen LogP contribution in [0.2, 0.25) is 0 Å². The van der Waals surface area contributed by atoms with Crippen molar-refractivity contribution in [1.29, 1.82) is 0 Å². The zero-order valence-electron chi connectivity index (χ0n) is 24.2. The van der Waals surface area contributed by atoms with E-state index in [0.717, 1.165) is 38.0 Å². The van der Waals surface area contributed by atoms with Crippen LogP contribution in [0.15, 0.2) is 71.3 Å². The fourth-order valence-electron chi connectivity index (χ4n) is 4.24. The Bertz CT molecular complexity index is 2230. The number of anilines is 1. The van der Waals surface area contributed by atoms with Gasteiger partial charge in [-0.1, -0.05) is 0 Å². The van der Waals surface area contributed by atoms with Crippen LogP contribution in [0.25, 0.3) is 33.2 Å². The maximum absolute atomic E-state index is 13.5. The summed E-state index contributed by atoms with van der Waals surface area (Å²) >= 11 is 0. The molecule has 0 saturated carbocycles. The molecule has 0 aliphatic carbocycles. The first-order valence-electron chi connectivity index (χ1n) is 12.8. The van der Waals surface area contributed by atoms with E-state index in [-0.39, 0.29) is 38.0 Å². The molecule has 3 aromatic heterocycles. The predicted octanol–water partition coefficient (Wildman–Crippen LogP) is 3.20. The SMILES string of the molecule is COC(=O)c1cc(-c2cncnc2)c(C(F)(F)F)cc1N.CS(=O)(=O)Nn1c(=O)[nH]c2cc(C(F)(F)F)c(-c3cncnc3)cc2c1=O. The third-order valence-corrected chi connectivity index (χ3v) is 6.76. The smallest absolute Gasteiger partial charge is 0.417 e. The molecule has 5 rings (SSSR count). The Morgan fingerprint density at radius 2 is 1.33 bits per heavy atom. The lowest BCUT2D eigenvalue weighted by molar-refractivity contribution is -0.137. The summed E-state index contributed by atoms with van der Waals surface area (Å²) in [6, 6.07) is 3.23. The number of nitrogens with one attached hydrogen (secondary N) is 2. The molecule has 5 aromatic rings. The van der Waals surface area contributed by atoms with Crippen molar-refractivity contribution < 1.29 is 44.3 Å². The highest BCUT2D eigenvalue weighted by atomic mass is 32.2. The van der Waals surface area contributed by atoms with E-state index in [9.17, 15) is 49.1 Å². The van der Waals surface area contributed by atoms with Crippen molar-refractivity contribution >= 4 is 32.6 Å². The zero-order chi connectivity index (χ0) is 35.6. The molecule has 0 aliphatic heterocycles. The first-order valence-corrected chi connectivity index (χ1v) is 14.7. The van der Waals surface area contributed by atoms with Crippen molar-refractivity contribution in [3.05, 3.63) is 99.2 Å². The maximum atomic E-state index is 13.5. The van der Waals surface area contributed by atoms with Crippen LogP contribution < -0.4 is 21.8 Å². The van der Waals surface area contributed by atoms with Gasteiger partial charge < -0.3 is 15.5 Å². The monoisotopic (exact) mass is 698 g/mol. The molecule has 252 valence electrons. The number of ether oxygens (including phenoxy) is 1. The number of alkyl halides is 6. The molecule has 0 fully saturated rings. The minimum absolute atomic E-state index is 0.0139. The quantitative estimate of drug-likeness (QED) is 0.138. The summed E-state index contributed by atoms with van der Waals surface area (Å²) < 4.78 is 107. The summed E-state index contributed by atoms with van der Waals surface area (Å²) in [6.07, 6.45) is -1.71. The van der Waals surface area contributed by atoms with Gasteiger partial charge in [0.05, 0.1) is 41.0 Å². The average Bonchev–Trinajstić information content (AvgIpc) is 3.02. The molecule has 48 heavy (non-hydrogen) atoms. The van der Waals surface area contributed by atoms with Crippen molar-refractivity contribution in [2.45, 2.75) is 12.4 Å². The van der Waals surface area contributed by atoms with E-state index in [4.69, 9.17) is 5.73 Å². The number of rotatable bonds is 5. The summed E-state index contributed by atoms with van der Waals surface area (Å²) in [5, 5.41) is -0.336. The number of benzene rings is 2. The van der Waals surface area contributed by atoms with Gasteiger partial charge in [0.1, 0.15) is 12.7 Å². The lowest BCUT2D eigenvalue weighted by Crippen LogP contribution is -2.43. The van der Waals surface area contributed by atoms with Crippen LogP contribution in [-0.4, -0.2) is 57.3 Å². The highest BCUT2D eigenvalue weighted by Gasteiger charge is 2.36. The third-order valence-electron chi connectivity index (χ3n) is 6.24. The van der Waals surface area contributed by atoms with Gasteiger partial charge in [-0.05, 0) is 35.4 Å². The largest absolute Gasteiger partial charge is 0.465 e. The highest BCUT2D eigenvalue weighted by molar-refractivity contribution is 7.91. The number of nitrogens with zero attached hydrogens (tertiary/aromatic N) is 5. The number of aromatic nitrogens is 6. The number of nitrogens with two attached hydrogens (primary N) is 1. The number of carbonyl (C=O) groups is 1.